The van der Waals surface area contributed by atoms with E-state index in [2.05, 4.69) is 52.2 Å². The Kier molecular flexibility index (Phi) is 25.7. The summed E-state index contributed by atoms with van der Waals surface area (Å²) in [6.07, 6.45) is 0.238. The van der Waals surface area contributed by atoms with Crippen LogP contribution in [0.15, 0.2) is 92.1 Å². The van der Waals surface area contributed by atoms with E-state index in [1.807, 2.05) is 10.3 Å². The third kappa shape index (κ3) is 15.7. The molecule has 4 fully saturated rings. The molecule has 6 aliphatic heterocycles. The Hall–Kier alpha value is -7.12. The average molecular weight is 1350 g/mol. The van der Waals surface area contributed by atoms with Gasteiger partial charge in [0, 0.05) is 93.8 Å². The largest absolute Gasteiger partial charge is 0.467 e. The molecule has 2 unspecified atom stereocenters. The number of methoxy groups -OCH3 is 4. The maximum Gasteiger partial charge on any atom is 0.446 e. The summed E-state index contributed by atoms with van der Waals surface area (Å²) in [6.45, 7) is 2.21. The molecule has 2 aromatic heterocycles. The van der Waals surface area contributed by atoms with Crippen LogP contribution in [0.1, 0.15) is 74.8 Å². The highest BCUT2D eigenvalue weighted by Gasteiger charge is 2.56. The van der Waals surface area contributed by atoms with Crippen molar-refractivity contribution >= 4 is 116 Å². The van der Waals surface area contributed by atoms with Gasteiger partial charge in [-0.1, -0.05) is 73.5 Å². The molecule has 6 aliphatic rings. The van der Waals surface area contributed by atoms with Gasteiger partial charge in [0.25, 0.3) is 0 Å². The molecule has 0 saturated carbocycles. The smallest absolute Gasteiger partial charge is 0.446 e. The predicted octanol–water partition coefficient (Wildman–Crippen LogP) is 8.32. The lowest BCUT2D eigenvalue weighted by molar-refractivity contribution is -0.156. The van der Waals surface area contributed by atoms with Crippen LogP contribution in [0.5, 0.6) is 0 Å². The second-order valence-electron chi connectivity index (χ2n) is 18.4. The monoisotopic (exact) mass is 1350 g/mol. The lowest BCUT2D eigenvalue weighted by atomic mass is 9.88. The Labute approximate surface area is 518 Å². The summed E-state index contributed by atoms with van der Waals surface area (Å²) in [5.41, 5.74) is 0.580. The number of halogens is 8. The molecule has 4 aromatic rings. The molecule has 0 spiro atoms. The summed E-state index contributed by atoms with van der Waals surface area (Å²) in [4.78, 5) is 105. The summed E-state index contributed by atoms with van der Waals surface area (Å²) < 4.78 is 78.4. The van der Waals surface area contributed by atoms with Gasteiger partial charge in [-0.25, -0.2) is 47.5 Å². The van der Waals surface area contributed by atoms with E-state index >= 15 is 0 Å². The molecular weight excluding hydrogens is 1290 g/mol. The number of amides is 4. The lowest BCUT2D eigenvalue weighted by Crippen LogP contribution is -2.66. The first-order chi connectivity index (χ1) is 39.6. The molecule has 22 nitrogen and oxygen atoms in total. The van der Waals surface area contributed by atoms with Crippen LogP contribution >= 0.6 is 61.8 Å². The van der Waals surface area contributed by atoms with E-state index in [0.717, 1.165) is 18.9 Å². The van der Waals surface area contributed by atoms with Crippen LogP contribution in [0, 0.1) is 11.6 Å². The van der Waals surface area contributed by atoms with Crippen molar-refractivity contribution in [3.8, 4) is 0 Å². The SMILES string of the molecule is C.C.C.COC(=O)C12CCCCN1C(=O)NC2.COC(=O)C1=C(CBr)NC(c2nccs2)=N[C@H]1c1ccc(F)cc1Cl.COC(=O)C1=C(CN2CCN3C(=O)NCC3(C(=O)OC)C2)NC(c2nccs2)=N[C@H]1c1ccc(F)cc1Cl.O=CC(F)(F)F. The average Bonchev–Trinajstić information content (AvgIpc) is 3.13. The Morgan fingerprint density at radius 3 is 1.59 bits per heavy atom. The van der Waals surface area contributed by atoms with Crippen LogP contribution < -0.4 is 21.3 Å². The molecule has 0 bridgehead atoms. The molecule has 468 valence electrons. The van der Waals surface area contributed by atoms with Crippen molar-refractivity contribution in [2.24, 2.45) is 9.98 Å². The first-order valence-corrected chi connectivity index (χ1v) is 28.3. The molecule has 4 saturated heterocycles. The van der Waals surface area contributed by atoms with Crippen LogP contribution in [-0.4, -0.2) is 175 Å². The molecule has 0 aliphatic carbocycles. The third-order valence-corrected chi connectivity index (χ3v) is 16.3. The number of esters is 4. The molecule has 4 atom stereocenters. The minimum atomic E-state index is -4.64. The quantitative estimate of drug-likeness (QED) is 0.0361. The van der Waals surface area contributed by atoms with Gasteiger partial charge in [0.15, 0.2) is 32.8 Å². The van der Waals surface area contributed by atoms with Crippen molar-refractivity contribution in [2.75, 3.05) is 79.6 Å². The van der Waals surface area contributed by atoms with E-state index in [9.17, 15) is 50.7 Å². The van der Waals surface area contributed by atoms with Gasteiger partial charge in [-0.2, -0.15) is 13.2 Å². The molecule has 32 heteroatoms. The van der Waals surface area contributed by atoms with Crippen LogP contribution in [0.4, 0.5) is 31.5 Å². The van der Waals surface area contributed by atoms with Crippen molar-refractivity contribution in [2.45, 2.75) is 70.9 Å². The second kappa shape index (κ2) is 31.0. The maximum absolute atomic E-state index is 13.9. The van der Waals surface area contributed by atoms with Crippen LogP contribution in [0.3, 0.4) is 0 Å². The van der Waals surface area contributed by atoms with Gasteiger partial charge in [-0.3, -0.25) is 19.7 Å². The number of amidine groups is 2. The van der Waals surface area contributed by atoms with Gasteiger partial charge in [0.1, 0.15) is 23.7 Å². The van der Waals surface area contributed by atoms with Crippen molar-refractivity contribution in [1.29, 1.82) is 0 Å². The zero-order valence-corrected chi connectivity index (χ0v) is 49.0. The number of aromatic nitrogens is 2. The van der Waals surface area contributed by atoms with Crippen LogP contribution in [0.25, 0.3) is 0 Å². The van der Waals surface area contributed by atoms with Gasteiger partial charge < -0.3 is 50.0 Å². The number of carbonyl (C=O) groups is 7. The van der Waals surface area contributed by atoms with E-state index in [4.69, 9.17) is 51.9 Å². The van der Waals surface area contributed by atoms with Crippen molar-refractivity contribution in [3.05, 3.63) is 125 Å². The van der Waals surface area contributed by atoms with Gasteiger partial charge in [0.05, 0.1) is 52.7 Å². The molecular formula is C54H63BrCl2F5N11O11S2. The standard InChI is InChI=1S/C24H24ClFN6O5S.C16H12BrClFN3O2S.C9H14N2O3.C2HF3O.3CH4/c1-36-21(33)17-16(10-31-6-7-32-23(35)28-11-24(32,12-31)22(34)37-2)29-19(20-27-5-8-38-20)30-18(17)14-4-3-13(26)9-15(14)25;1-24-16(23)12-11(7-17)21-14(15-20-4-5-25-15)22-13(12)9-3-2-8(19)6-10(9)18;1-14-7(12)9-4-2-3-5-11(9)8(13)10-6-9;3-2(4,5)1-6;;;/h3-5,8-9,18H,6-7,10-12H2,1-2H3,(H,28,35)(H,29,30);2-6,13H,7H2,1H3,(H,21,22);2-6H2,1H3,(H,10,13);1H;3*1H4/t18-,24?;13-;;;;;/m00...../s1. The maximum atomic E-state index is 13.9. The van der Waals surface area contributed by atoms with Gasteiger partial charge in [-0.05, 0) is 43.5 Å². The topological polar surface area (TPSA) is 265 Å². The summed E-state index contributed by atoms with van der Waals surface area (Å²) in [5, 5.41) is 17.3. The highest BCUT2D eigenvalue weighted by atomic mass is 79.9. The number of alkyl halides is 4. The van der Waals surface area contributed by atoms with Crippen molar-refractivity contribution in [3.63, 3.8) is 0 Å². The van der Waals surface area contributed by atoms with Gasteiger partial charge in [-0.15, -0.1) is 22.7 Å². The highest BCUT2D eigenvalue weighted by molar-refractivity contribution is 9.09. The Morgan fingerprint density at radius 2 is 1.16 bits per heavy atom. The summed E-state index contributed by atoms with van der Waals surface area (Å²) in [7, 11) is 5.21. The molecule has 4 amide bonds. The minimum Gasteiger partial charge on any atom is -0.467 e. The molecule has 86 heavy (non-hydrogen) atoms. The van der Waals surface area contributed by atoms with Gasteiger partial charge in [0.2, 0.25) is 6.29 Å². The zero-order valence-electron chi connectivity index (χ0n) is 44.2. The van der Waals surface area contributed by atoms with E-state index < -0.39 is 65.2 Å². The van der Waals surface area contributed by atoms with Crippen LogP contribution in [0.2, 0.25) is 10.0 Å². The Bertz CT molecular complexity index is 3250. The van der Waals surface area contributed by atoms with E-state index in [-0.39, 0.29) is 82.1 Å². The van der Waals surface area contributed by atoms with Gasteiger partial charge >= 0.3 is 42.1 Å². The first-order valence-electron chi connectivity index (χ1n) is 24.7. The minimum absolute atomic E-state index is 0. The number of allylic oxidation sites excluding steroid dienone is 1. The zero-order chi connectivity index (χ0) is 60.4. The number of thiazole rings is 2. The fourth-order valence-electron chi connectivity index (χ4n) is 9.77. The molecule has 10 rings (SSSR count). The highest BCUT2D eigenvalue weighted by Crippen LogP contribution is 2.40. The fourth-order valence-corrected chi connectivity index (χ4v) is 11.9. The molecule has 8 heterocycles. The van der Waals surface area contributed by atoms with Crippen LogP contribution in [-0.2, 0) is 42.9 Å². The fraction of sp³-hybridized carbons (Fsp3) is 0.426. The Balaban J connectivity index is 0.000000283. The number of nitrogens with one attached hydrogen (secondary N) is 4. The number of aldehydes is 1. The van der Waals surface area contributed by atoms with Crippen molar-refractivity contribution < 1.29 is 74.5 Å². The van der Waals surface area contributed by atoms with E-state index in [1.54, 1.807) is 22.7 Å². The number of urea groups is 2. The number of rotatable bonds is 11. The summed E-state index contributed by atoms with van der Waals surface area (Å²) in [6, 6.07) is 5.79. The normalized spacial score (nSPS) is 21.1. The van der Waals surface area contributed by atoms with E-state index in [0.29, 0.717) is 81.2 Å². The number of fused-ring (bicyclic) bond motifs is 2. The number of piperidine rings is 1. The Morgan fingerprint density at radius 1 is 0.709 bits per heavy atom. The van der Waals surface area contributed by atoms with Crippen molar-refractivity contribution in [1.82, 2.24) is 45.9 Å². The number of benzene rings is 2. The number of nitrogens with zero attached hydrogens (tertiary/aromatic N) is 7. The number of hydrogen-bond acceptors (Lipinski definition) is 20. The number of piperazine rings is 1. The third-order valence-electron chi connectivity index (χ3n) is 13.6. The van der Waals surface area contributed by atoms with E-state index in [1.165, 1.54) is 86.3 Å². The second-order valence-corrected chi connectivity index (χ2v) is 21.6. The number of ether oxygens (including phenoxy) is 4. The first kappa shape index (κ1) is 71.4. The lowest BCUT2D eigenvalue weighted by Gasteiger charge is -2.44. The number of hydrogen-bond donors (Lipinski definition) is 4. The number of carbonyl (C=O) groups excluding carboxylic acids is 7. The summed E-state index contributed by atoms with van der Waals surface area (Å²) >= 11 is 18.8. The molecule has 2 aromatic carbocycles. The predicted molar refractivity (Wildman–Crippen MR) is 316 cm³/mol. The molecule has 0 radical (unpaired) electrons. The molecule has 4 N–H and O–H groups in total. The summed E-state index contributed by atoms with van der Waals surface area (Å²) in [5.74, 6) is -2.05. The number of aliphatic imine (C=N–C) groups is 2.